The van der Waals surface area contributed by atoms with Crippen LogP contribution in [0.5, 0.6) is 0 Å². The molecule has 4 heterocycles. The number of rotatable bonds is 5. The number of thiophene rings is 1. The molecule has 0 fully saturated rings. The molecule has 58 heavy (non-hydrogen) atoms. The lowest BCUT2D eigenvalue weighted by molar-refractivity contribution is 1.18. The summed E-state index contributed by atoms with van der Waals surface area (Å²) >= 11 is 1.83. The van der Waals surface area contributed by atoms with E-state index in [1.165, 1.54) is 41.8 Å². The second-order valence-electron chi connectivity index (χ2n) is 14.7. The molecule has 0 aliphatic heterocycles. The smallest absolute Gasteiger partial charge is 0.161 e. The Kier molecular flexibility index (Phi) is 7.37. The van der Waals surface area contributed by atoms with Crippen molar-refractivity contribution in [3.63, 3.8) is 0 Å². The van der Waals surface area contributed by atoms with Gasteiger partial charge in [0.1, 0.15) is 0 Å². The van der Waals surface area contributed by atoms with E-state index in [-0.39, 0.29) is 0 Å². The van der Waals surface area contributed by atoms with Crippen LogP contribution in [0.15, 0.2) is 194 Å². The van der Waals surface area contributed by atoms with Crippen LogP contribution in [0, 0.1) is 0 Å². The molecule has 0 aliphatic carbocycles. The van der Waals surface area contributed by atoms with Crippen molar-refractivity contribution in [2.75, 3.05) is 0 Å². The molecule has 0 bridgehead atoms. The second-order valence-corrected chi connectivity index (χ2v) is 15.8. The second kappa shape index (κ2) is 13.1. The first-order chi connectivity index (χ1) is 28.8. The van der Waals surface area contributed by atoms with Crippen LogP contribution in [0.1, 0.15) is 0 Å². The highest BCUT2D eigenvalue weighted by Crippen LogP contribution is 2.46. The third-order valence-corrected chi connectivity index (χ3v) is 12.7. The Labute approximate surface area is 338 Å². The molecule has 4 aromatic heterocycles. The van der Waals surface area contributed by atoms with Crippen molar-refractivity contribution < 1.29 is 0 Å². The minimum atomic E-state index is 0.709. The summed E-state index contributed by atoms with van der Waals surface area (Å²) < 4.78 is 4.77. The van der Waals surface area contributed by atoms with Crippen LogP contribution < -0.4 is 0 Å². The van der Waals surface area contributed by atoms with Gasteiger partial charge in [0.15, 0.2) is 5.82 Å². The van der Waals surface area contributed by atoms with Gasteiger partial charge < -0.3 is 4.57 Å². The predicted octanol–water partition coefficient (Wildman–Crippen LogP) is 14.3. The maximum Gasteiger partial charge on any atom is 0.161 e. The van der Waals surface area contributed by atoms with Crippen molar-refractivity contribution in [3.05, 3.63) is 194 Å². The maximum absolute atomic E-state index is 5.42. The van der Waals surface area contributed by atoms with Gasteiger partial charge in [-0.05, 0) is 48.5 Å². The minimum Gasteiger partial charge on any atom is -0.309 e. The SMILES string of the molecule is c1ccc(-c2cc(-c3ccc4c(c3)c3ccccc3n4-c3ccccc3)nc(-c3cccc4c3sc3c4ccc4c(-c5ccccc5)nc5ccccc5c43)n2)cc1. The fourth-order valence-electron chi connectivity index (χ4n) is 8.74. The summed E-state index contributed by atoms with van der Waals surface area (Å²) in [5.74, 6) is 0.709. The Morgan fingerprint density at radius 3 is 1.81 bits per heavy atom. The van der Waals surface area contributed by atoms with E-state index in [1.807, 2.05) is 17.4 Å². The highest BCUT2D eigenvalue weighted by atomic mass is 32.1. The minimum absolute atomic E-state index is 0.709. The Bertz CT molecular complexity index is 3550. The molecular weight excluding hydrogens is 725 g/mol. The average molecular weight is 757 g/mol. The summed E-state index contributed by atoms with van der Waals surface area (Å²) in [4.78, 5) is 16.0. The van der Waals surface area contributed by atoms with Gasteiger partial charge >= 0.3 is 0 Å². The van der Waals surface area contributed by atoms with Crippen molar-refractivity contribution in [3.8, 4) is 50.8 Å². The molecule has 0 amide bonds. The summed E-state index contributed by atoms with van der Waals surface area (Å²) in [6.45, 7) is 0. The number of nitrogens with zero attached hydrogens (tertiary/aromatic N) is 4. The maximum atomic E-state index is 5.42. The first-order valence-corrected chi connectivity index (χ1v) is 20.3. The van der Waals surface area contributed by atoms with Crippen LogP contribution in [0.2, 0.25) is 0 Å². The molecule has 12 rings (SSSR count). The van der Waals surface area contributed by atoms with Crippen LogP contribution in [0.25, 0.3) is 115 Å². The molecule has 0 saturated carbocycles. The lowest BCUT2D eigenvalue weighted by Crippen LogP contribution is -1.96. The van der Waals surface area contributed by atoms with Gasteiger partial charge in [0.05, 0.1) is 33.6 Å². The summed E-state index contributed by atoms with van der Waals surface area (Å²) in [7, 11) is 0. The third kappa shape index (κ3) is 5.11. The van der Waals surface area contributed by atoms with Gasteiger partial charge in [0.2, 0.25) is 0 Å². The molecule has 0 aliphatic rings. The lowest BCUT2D eigenvalue weighted by atomic mass is 9.98. The molecule has 270 valence electrons. The van der Waals surface area contributed by atoms with Gasteiger partial charge in [-0.2, -0.15) is 0 Å². The van der Waals surface area contributed by atoms with E-state index in [2.05, 4.69) is 193 Å². The molecule has 5 heteroatoms. The molecule has 0 N–H and O–H groups in total. The number of pyridine rings is 1. The zero-order valence-electron chi connectivity index (χ0n) is 31.2. The number of hydrogen-bond acceptors (Lipinski definition) is 4. The highest BCUT2D eigenvalue weighted by molar-refractivity contribution is 7.27. The molecule has 0 saturated heterocycles. The van der Waals surface area contributed by atoms with E-state index in [4.69, 9.17) is 15.0 Å². The summed E-state index contributed by atoms with van der Waals surface area (Å²) in [5.41, 5.74) is 11.5. The van der Waals surface area contributed by atoms with Crippen molar-refractivity contribution >= 4 is 75.0 Å². The van der Waals surface area contributed by atoms with Gasteiger partial charge in [-0.15, -0.1) is 11.3 Å². The first-order valence-electron chi connectivity index (χ1n) is 19.5. The van der Waals surface area contributed by atoms with Crippen LogP contribution in [0.3, 0.4) is 0 Å². The molecule has 0 spiro atoms. The van der Waals surface area contributed by atoms with Gasteiger partial charge in [-0.25, -0.2) is 15.0 Å². The van der Waals surface area contributed by atoms with Crippen molar-refractivity contribution in [1.29, 1.82) is 0 Å². The van der Waals surface area contributed by atoms with E-state index < -0.39 is 0 Å². The van der Waals surface area contributed by atoms with Crippen LogP contribution in [-0.2, 0) is 0 Å². The number of benzene rings is 8. The van der Waals surface area contributed by atoms with Gasteiger partial charge in [-0.1, -0.05) is 146 Å². The van der Waals surface area contributed by atoms with E-state index >= 15 is 0 Å². The van der Waals surface area contributed by atoms with Crippen molar-refractivity contribution in [1.82, 2.24) is 19.5 Å². The number of fused-ring (bicyclic) bond motifs is 10. The Morgan fingerprint density at radius 2 is 1.00 bits per heavy atom. The van der Waals surface area contributed by atoms with E-state index in [1.54, 1.807) is 0 Å². The summed E-state index contributed by atoms with van der Waals surface area (Å²) in [6.07, 6.45) is 0. The fraction of sp³-hybridized carbons (Fsp3) is 0. The van der Waals surface area contributed by atoms with Crippen LogP contribution in [-0.4, -0.2) is 19.5 Å². The molecule has 0 unspecified atom stereocenters. The predicted molar refractivity (Wildman–Crippen MR) is 244 cm³/mol. The first kappa shape index (κ1) is 32.7. The molecular formula is C53H32N4S. The highest BCUT2D eigenvalue weighted by Gasteiger charge is 2.20. The zero-order chi connectivity index (χ0) is 38.2. The van der Waals surface area contributed by atoms with E-state index in [0.29, 0.717) is 5.82 Å². The fourth-order valence-corrected chi connectivity index (χ4v) is 10.1. The monoisotopic (exact) mass is 756 g/mol. The normalized spacial score (nSPS) is 11.8. The van der Waals surface area contributed by atoms with Crippen molar-refractivity contribution in [2.24, 2.45) is 0 Å². The molecule has 4 nitrogen and oxygen atoms in total. The molecule has 0 radical (unpaired) electrons. The number of aromatic nitrogens is 4. The molecule has 8 aromatic carbocycles. The summed E-state index contributed by atoms with van der Waals surface area (Å²) in [6, 6.07) is 68.7. The zero-order valence-corrected chi connectivity index (χ0v) is 32.0. The number of hydrogen-bond donors (Lipinski definition) is 0. The molecule has 0 atom stereocenters. The Morgan fingerprint density at radius 1 is 0.379 bits per heavy atom. The quantitative estimate of drug-likeness (QED) is 0.164. The average Bonchev–Trinajstić information content (AvgIpc) is 3.85. The van der Waals surface area contributed by atoms with Gasteiger partial charge in [0, 0.05) is 75.0 Å². The lowest BCUT2D eigenvalue weighted by Gasteiger charge is -2.11. The van der Waals surface area contributed by atoms with E-state index in [9.17, 15) is 0 Å². The Balaban J connectivity index is 1.10. The number of para-hydroxylation sites is 3. The third-order valence-electron chi connectivity index (χ3n) is 11.4. The van der Waals surface area contributed by atoms with E-state index in [0.717, 1.165) is 66.8 Å². The topological polar surface area (TPSA) is 43.6 Å². The van der Waals surface area contributed by atoms with Crippen LogP contribution in [0.4, 0.5) is 0 Å². The largest absolute Gasteiger partial charge is 0.309 e. The summed E-state index contributed by atoms with van der Waals surface area (Å²) in [5, 5.41) is 8.37. The molecule has 12 aromatic rings. The van der Waals surface area contributed by atoms with Gasteiger partial charge in [-0.3, -0.25) is 0 Å². The standard InChI is InChI=1S/C53H32N4S/c1-4-15-33(16-5-1)45-32-46(35-27-30-48-43(31-35)37-21-11-13-26-47(37)57(48)36-19-8-3-9-20-36)56-53(55-45)42-24-14-23-38-39-28-29-41-49(52(39)58-51(38)42)40-22-10-12-25-44(40)54-50(41)34-17-6-2-7-18-34/h1-32H. The van der Waals surface area contributed by atoms with Crippen molar-refractivity contribution in [2.45, 2.75) is 0 Å². The van der Waals surface area contributed by atoms with Crippen LogP contribution >= 0.6 is 11.3 Å². The van der Waals surface area contributed by atoms with Gasteiger partial charge in [0.25, 0.3) is 0 Å². The Hall–Kier alpha value is -7.47.